The Labute approximate surface area is 201 Å². The van der Waals surface area contributed by atoms with Crippen molar-refractivity contribution in [1.82, 2.24) is 9.21 Å². The van der Waals surface area contributed by atoms with Gasteiger partial charge in [-0.1, -0.05) is 24.3 Å². The molecule has 1 amide bonds. The van der Waals surface area contributed by atoms with Crippen LogP contribution in [-0.2, 0) is 19.6 Å². The molecule has 1 atom stereocenters. The molecule has 2 saturated heterocycles. The molecule has 2 aliphatic heterocycles. The standard InChI is InChI=1S/C25H32N2O6S/c1-31-22-9-5-10-23(17-22)34(29,30)27-12-6-11-25(19-27,20-33-21-7-3-2-4-8-21)18-24(28)26-13-15-32-16-14-26/h2-5,7-10,17H,6,11-16,18-20H2,1H3/t25-/m0/s1. The van der Waals surface area contributed by atoms with E-state index in [2.05, 4.69) is 0 Å². The molecule has 0 aromatic heterocycles. The predicted molar refractivity (Wildman–Crippen MR) is 127 cm³/mol. The Hall–Kier alpha value is -2.62. The third kappa shape index (κ3) is 5.71. The third-order valence-corrected chi connectivity index (χ3v) is 8.32. The number of piperidine rings is 1. The summed E-state index contributed by atoms with van der Waals surface area (Å²) in [6, 6.07) is 15.9. The molecule has 2 aromatic carbocycles. The highest BCUT2D eigenvalue weighted by Gasteiger charge is 2.43. The number of ether oxygens (including phenoxy) is 3. The summed E-state index contributed by atoms with van der Waals surface area (Å²) in [4.78, 5) is 15.2. The fourth-order valence-corrected chi connectivity index (χ4v) is 6.22. The van der Waals surface area contributed by atoms with E-state index in [1.165, 1.54) is 17.5 Å². The summed E-state index contributed by atoms with van der Waals surface area (Å²) in [7, 11) is -2.25. The topological polar surface area (TPSA) is 85.4 Å². The van der Waals surface area contributed by atoms with Crippen LogP contribution >= 0.6 is 0 Å². The van der Waals surface area contributed by atoms with E-state index < -0.39 is 15.4 Å². The maximum Gasteiger partial charge on any atom is 0.243 e. The number of methoxy groups -OCH3 is 1. The van der Waals surface area contributed by atoms with Crippen molar-refractivity contribution >= 4 is 15.9 Å². The molecule has 0 radical (unpaired) electrons. The number of hydrogen-bond acceptors (Lipinski definition) is 6. The van der Waals surface area contributed by atoms with Gasteiger partial charge in [0.2, 0.25) is 15.9 Å². The zero-order valence-electron chi connectivity index (χ0n) is 19.5. The summed E-state index contributed by atoms with van der Waals surface area (Å²) < 4.78 is 45.2. The zero-order valence-corrected chi connectivity index (χ0v) is 20.3. The average molecular weight is 489 g/mol. The third-order valence-electron chi connectivity index (χ3n) is 6.48. The largest absolute Gasteiger partial charge is 0.497 e. The lowest BCUT2D eigenvalue weighted by atomic mass is 9.78. The van der Waals surface area contributed by atoms with Gasteiger partial charge in [0.05, 0.1) is 31.8 Å². The minimum absolute atomic E-state index is 0.0144. The molecule has 34 heavy (non-hydrogen) atoms. The van der Waals surface area contributed by atoms with Gasteiger partial charge in [-0.2, -0.15) is 4.31 Å². The molecule has 8 nitrogen and oxygen atoms in total. The SMILES string of the molecule is COc1cccc(S(=O)(=O)N2CCC[C@](COc3ccccc3)(CC(=O)N3CCOCC3)C2)c1. The molecule has 2 fully saturated rings. The lowest BCUT2D eigenvalue weighted by Gasteiger charge is -2.42. The second kappa shape index (κ2) is 10.8. The summed E-state index contributed by atoms with van der Waals surface area (Å²) in [5, 5.41) is 0. The van der Waals surface area contributed by atoms with Crippen LogP contribution in [0.3, 0.4) is 0 Å². The van der Waals surface area contributed by atoms with Crippen LogP contribution < -0.4 is 9.47 Å². The van der Waals surface area contributed by atoms with E-state index in [1.807, 2.05) is 35.2 Å². The van der Waals surface area contributed by atoms with Gasteiger partial charge in [0, 0.05) is 44.1 Å². The lowest BCUT2D eigenvalue weighted by molar-refractivity contribution is -0.139. The molecule has 184 valence electrons. The molecule has 4 rings (SSSR count). The van der Waals surface area contributed by atoms with Crippen molar-refractivity contribution in [3.8, 4) is 11.5 Å². The van der Waals surface area contributed by atoms with Gasteiger partial charge in [-0.3, -0.25) is 4.79 Å². The molecule has 0 unspecified atom stereocenters. The Morgan fingerprint density at radius 2 is 1.76 bits per heavy atom. The maximum absolute atomic E-state index is 13.5. The number of benzene rings is 2. The van der Waals surface area contributed by atoms with Crippen molar-refractivity contribution < 1.29 is 27.4 Å². The van der Waals surface area contributed by atoms with E-state index in [-0.39, 0.29) is 30.4 Å². The van der Waals surface area contributed by atoms with Gasteiger partial charge >= 0.3 is 0 Å². The first kappa shape index (κ1) is 24.5. The Morgan fingerprint density at radius 1 is 1.03 bits per heavy atom. The number of carbonyl (C=O) groups is 1. The molecule has 0 spiro atoms. The van der Waals surface area contributed by atoms with Gasteiger partial charge in [-0.05, 0) is 37.1 Å². The normalized spacial score (nSPS) is 21.7. The number of para-hydroxylation sites is 1. The number of nitrogens with zero attached hydrogens (tertiary/aromatic N) is 2. The van der Waals surface area contributed by atoms with Gasteiger partial charge in [0.25, 0.3) is 0 Å². The van der Waals surface area contributed by atoms with Gasteiger partial charge in [0.1, 0.15) is 11.5 Å². The van der Waals surface area contributed by atoms with E-state index in [9.17, 15) is 13.2 Å². The van der Waals surface area contributed by atoms with Gasteiger partial charge in [0.15, 0.2) is 0 Å². The Bertz CT molecular complexity index is 1070. The molecule has 2 heterocycles. The number of morpholine rings is 1. The zero-order chi connectivity index (χ0) is 24.0. The van der Waals surface area contributed by atoms with Crippen molar-refractivity contribution in [1.29, 1.82) is 0 Å². The highest BCUT2D eigenvalue weighted by atomic mass is 32.2. The number of carbonyl (C=O) groups excluding carboxylic acids is 1. The first-order valence-corrected chi connectivity index (χ1v) is 13.0. The molecule has 2 aliphatic rings. The Kier molecular flexibility index (Phi) is 7.75. The molecular formula is C25H32N2O6S. The molecule has 9 heteroatoms. The molecule has 0 saturated carbocycles. The van der Waals surface area contributed by atoms with Crippen molar-refractivity contribution in [2.75, 3.05) is 53.1 Å². The quantitative estimate of drug-likeness (QED) is 0.568. The van der Waals surface area contributed by atoms with Crippen LogP contribution in [-0.4, -0.2) is 76.6 Å². The van der Waals surface area contributed by atoms with Gasteiger partial charge in [-0.15, -0.1) is 0 Å². The summed E-state index contributed by atoms with van der Waals surface area (Å²) in [6.07, 6.45) is 1.59. The fraction of sp³-hybridized carbons (Fsp3) is 0.480. The van der Waals surface area contributed by atoms with E-state index in [0.717, 1.165) is 0 Å². The van der Waals surface area contributed by atoms with Crippen LogP contribution in [0.4, 0.5) is 0 Å². The minimum Gasteiger partial charge on any atom is -0.497 e. The van der Waals surface area contributed by atoms with Gasteiger partial charge < -0.3 is 19.1 Å². The minimum atomic E-state index is -3.76. The van der Waals surface area contributed by atoms with Crippen LogP contribution in [0, 0.1) is 5.41 Å². The predicted octanol–water partition coefficient (Wildman–Crippen LogP) is 2.79. The highest BCUT2D eigenvalue weighted by Crippen LogP contribution is 2.37. The molecule has 2 aromatic rings. The van der Waals surface area contributed by atoms with Crippen LogP contribution in [0.25, 0.3) is 0 Å². The second-order valence-corrected chi connectivity index (χ2v) is 10.8. The lowest BCUT2D eigenvalue weighted by Crippen LogP contribution is -2.51. The van der Waals surface area contributed by atoms with E-state index in [0.29, 0.717) is 57.2 Å². The van der Waals surface area contributed by atoms with E-state index in [4.69, 9.17) is 14.2 Å². The Morgan fingerprint density at radius 3 is 2.50 bits per heavy atom. The average Bonchev–Trinajstić information content (AvgIpc) is 2.89. The van der Waals surface area contributed by atoms with Crippen molar-refractivity contribution in [2.24, 2.45) is 5.41 Å². The smallest absolute Gasteiger partial charge is 0.243 e. The summed E-state index contributed by atoms with van der Waals surface area (Å²) >= 11 is 0. The molecule has 0 bridgehead atoms. The highest BCUT2D eigenvalue weighted by molar-refractivity contribution is 7.89. The van der Waals surface area contributed by atoms with Crippen molar-refractivity contribution in [3.63, 3.8) is 0 Å². The van der Waals surface area contributed by atoms with Crippen LogP contribution in [0.5, 0.6) is 11.5 Å². The fourth-order valence-electron chi connectivity index (χ4n) is 4.59. The molecular weight excluding hydrogens is 456 g/mol. The first-order chi connectivity index (χ1) is 16.4. The number of hydrogen-bond donors (Lipinski definition) is 0. The van der Waals surface area contributed by atoms with Crippen LogP contribution in [0.1, 0.15) is 19.3 Å². The summed E-state index contributed by atoms with van der Waals surface area (Å²) in [6.45, 7) is 3.04. The van der Waals surface area contributed by atoms with Crippen LogP contribution in [0.15, 0.2) is 59.5 Å². The first-order valence-electron chi connectivity index (χ1n) is 11.6. The second-order valence-electron chi connectivity index (χ2n) is 8.89. The maximum atomic E-state index is 13.5. The number of sulfonamides is 1. The summed E-state index contributed by atoms with van der Waals surface area (Å²) in [5.41, 5.74) is -0.630. The van der Waals surface area contributed by atoms with Crippen molar-refractivity contribution in [3.05, 3.63) is 54.6 Å². The van der Waals surface area contributed by atoms with Crippen molar-refractivity contribution in [2.45, 2.75) is 24.2 Å². The molecule has 0 N–H and O–H groups in total. The van der Waals surface area contributed by atoms with Crippen LogP contribution in [0.2, 0.25) is 0 Å². The summed E-state index contributed by atoms with van der Waals surface area (Å²) in [5.74, 6) is 1.20. The van der Waals surface area contributed by atoms with Gasteiger partial charge in [-0.25, -0.2) is 8.42 Å². The number of amides is 1. The van der Waals surface area contributed by atoms with E-state index in [1.54, 1.807) is 18.2 Å². The number of rotatable bonds is 8. The molecule has 0 aliphatic carbocycles. The Balaban J connectivity index is 1.58. The van der Waals surface area contributed by atoms with E-state index >= 15 is 0 Å². The monoisotopic (exact) mass is 488 g/mol.